The predicted molar refractivity (Wildman–Crippen MR) is 318 cm³/mol. The first kappa shape index (κ1) is 75.7. The summed E-state index contributed by atoms with van der Waals surface area (Å²) >= 11 is 0. The molecule has 0 amide bonds. The zero-order valence-corrected chi connectivity index (χ0v) is 55.3. The molecule has 0 unspecified atom stereocenters. The first-order valence-electron chi connectivity index (χ1n) is 33.8. The van der Waals surface area contributed by atoms with Crippen LogP contribution in [0.4, 0.5) is 0 Å². The normalized spacial score (nSPS) is 54.5. The molecule has 11 rings (SSSR count). The van der Waals surface area contributed by atoms with Crippen LogP contribution in [0.25, 0.3) is 0 Å². The number of rotatable bonds is 17. The number of carbonyl (C=O) groups excluding carboxylic acids is 1. The van der Waals surface area contributed by atoms with E-state index >= 15 is 4.79 Å². The van der Waals surface area contributed by atoms with Gasteiger partial charge in [0.2, 0.25) is 6.29 Å². The Labute approximate surface area is 559 Å². The lowest BCUT2D eigenvalue weighted by Gasteiger charge is -2.71. The van der Waals surface area contributed by atoms with Crippen molar-refractivity contribution in [2.24, 2.45) is 50.2 Å². The molecule has 0 aromatic carbocycles. The second-order valence-electron chi connectivity index (χ2n) is 31.0. The lowest BCUT2D eigenvalue weighted by molar-refractivity contribution is -0.375. The van der Waals surface area contributed by atoms with Gasteiger partial charge >= 0.3 is 11.9 Å². The summed E-state index contributed by atoms with van der Waals surface area (Å²) in [6.45, 7) is 8.72. The molecule has 19 N–H and O–H groups in total. The van der Waals surface area contributed by atoms with Crippen molar-refractivity contribution in [1.82, 2.24) is 0 Å². The van der Waals surface area contributed by atoms with Gasteiger partial charge in [-0.25, -0.2) is 0 Å². The average molecular weight is 1400 g/mol. The molecule has 0 spiro atoms. The van der Waals surface area contributed by atoms with E-state index in [1.54, 1.807) is 0 Å². The SMILES string of the molecule is C[C@@H]1O[C@@H](O[C@H]2[C@H](OC(=O)[C@]34CCC(C)(C)C[C@H]3C3=CC[C@@H]5[C@@]6(C)C[C@H](O)[C@H](O[C@@H]7O[C@H](CO)[C@@H](O)[C@H](O)[C@H]7O)[C@@](C)(C(=O)O)[C@@H]6CC[C@@]5(C)[C@]3(CO)CC4)O[C@H](C)[C@H](O)[C@@H]2O)[C@H](O)[C@H](O)[C@H]1O[C@@H]1OC[C@@H](O[C@@H]2OC[C@@](O)(CO[C@@H]3O[C@H](CO)[C@H](O)[C@H](O)[C@H]3O)[C@H]2O)[C@H](O)[C@H]1O. The van der Waals surface area contributed by atoms with Crippen molar-refractivity contribution < 1.29 is 163 Å². The first-order valence-corrected chi connectivity index (χ1v) is 33.8. The van der Waals surface area contributed by atoms with Gasteiger partial charge in [0.15, 0.2) is 37.6 Å². The number of hydrogen-bond acceptors (Lipinski definition) is 32. The molecular weight excluding hydrogens is 1300 g/mol. The summed E-state index contributed by atoms with van der Waals surface area (Å²) in [6, 6.07) is 0. The number of hydrogen-bond donors (Lipinski definition) is 19. The van der Waals surface area contributed by atoms with E-state index in [0.29, 0.717) is 32.1 Å². The molecule has 5 aliphatic carbocycles. The van der Waals surface area contributed by atoms with Gasteiger partial charge in [0.1, 0.15) is 115 Å². The summed E-state index contributed by atoms with van der Waals surface area (Å²) < 4.78 is 70.0. The Bertz CT molecular complexity index is 2800. The molecule has 6 aliphatic heterocycles. The van der Waals surface area contributed by atoms with Crippen LogP contribution in [0.1, 0.15) is 106 Å². The summed E-state index contributed by atoms with van der Waals surface area (Å²) in [7, 11) is 0. The summed E-state index contributed by atoms with van der Waals surface area (Å²) in [5, 5.41) is 209. The standard InChI is InChI=1S/C64H102O33/c1-24-34(69)40(75)47(95-52-45(80)41(76)46(25(2)90-52)94-50-42(77)37(72)31(20-86-50)93-55-48(81)64(85,23-88-55)22-87-51-43(78)38(73)35(70)29(18-65)91-51)54(89-24)97-57(84)62-13-12-58(3,4)16-27(62)26-8-9-32-59(5)17-28(68)49(96-53-44(79)39(74)36(71)30(19-66)92-53)61(7,56(82)83)33(59)10-11-60(32,6)63(26,21-67)15-14-62/h8,24-25,27-55,65-81,85H,9-23H2,1-7H3,(H,82,83)/t24-,25+,27+,28+,29-,30-,31-,32-,33-,34+,35+,36-,37+,38+,39+,40+,41+,42-,43-,44-,45-,46+,47-,48+,49+,50+,51-,52+,53+,54+,55+,59-,60-,61+,62+,63+,64+/m1/s1. The molecule has 37 atom stereocenters. The minimum absolute atomic E-state index is 0.0194. The third-order valence-corrected chi connectivity index (χ3v) is 24.9. The maximum absolute atomic E-state index is 15.6. The molecular formula is C64H102O33. The van der Waals surface area contributed by atoms with Crippen LogP contribution >= 0.6 is 0 Å². The van der Waals surface area contributed by atoms with Crippen molar-refractivity contribution in [1.29, 1.82) is 0 Å². The molecule has 556 valence electrons. The van der Waals surface area contributed by atoms with Crippen molar-refractivity contribution in [3.8, 4) is 0 Å². The monoisotopic (exact) mass is 1400 g/mol. The van der Waals surface area contributed by atoms with Crippen LogP contribution in [0, 0.1) is 50.2 Å². The van der Waals surface area contributed by atoms with E-state index in [1.165, 1.54) is 20.8 Å². The summed E-state index contributed by atoms with van der Waals surface area (Å²) in [6.07, 6.45) is -42.1. The number of carboxylic acids is 1. The van der Waals surface area contributed by atoms with Crippen molar-refractivity contribution in [2.45, 2.75) is 284 Å². The molecule has 97 heavy (non-hydrogen) atoms. The van der Waals surface area contributed by atoms with Gasteiger partial charge in [0.05, 0.1) is 68.8 Å². The summed E-state index contributed by atoms with van der Waals surface area (Å²) in [4.78, 5) is 29.4. The summed E-state index contributed by atoms with van der Waals surface area (Å²) in [5.74, 6) is -3.60. The lowest BCUT2D eigenvalue weighted by Crippen LogP contribution is -2.71. The predicted octanol–water partition coefficient (Wildman–Crippen LogP) is -6.04. The largest absolute Gasteiger partial charge is 0.481 e. The number of allylic oxidation sites excluding steroid dienone is 1. The van der Waals surface area contributed by atoms with E-state index in [9.17, 15) is 102 Å². The smallest absolute Gasteiger partial charge is 0.315 e. The Morgan fingerprint density at radius 1 is 0.567 bits per heavy atom. The molecule has 0 bridgehead atoms. The molecule has 0 aromatic heterocycles. The lowest BCUT2D eigenvalue weighted by atomic mass is 9.33. The minimum atomic E-state index is -2.24. The number of aliphatic carboxylic acids is 1. The summed E-state index contributed by atoms with van der Waals surface area (Å²) in [5.41, 5.74) is -7.53. The molecule has 6 saturated heterocycles. The number of ether oxygens (including phenoxy) is 12. The first-order chi connectivity index (χ1) is 45.4. The topological polar surface area (TPSA) is 529 Å². The number of carboxylic acid groups (broad SMARTS) is 1. The van der Waals surface area contributed by atoms with Crippen LogP contribution in [-0.2, 0) is 66.4 Å². The van der Waals surface area contributed by atoms with Crippen LogP contribution in [0.3, 0.4) is 0 Å². The van der Waals surface area contributed by atoms with Crippen molar-refractivity contribution in [3.05, 3.63) is 11.6 Å². The van der Waals surface area contributed by atoms with E-state index in [0.717, 1.165) is 5.57 Å². The van der Waals surface area contributed by atoms with Crippen LogP contribution in [0.2, 0.25) is 0 Å². The highest BCUT2D eigenvalue weighted by molar-refractivity contribution is 5.79. The molecule has 6 heterocycles. The van der Waals surface area contributed by atoms with Crippen molar-refractivity contribution in [3.63, 3.8) is 0 Å². The third-order valence-electron chi connectivity index (χ3n) is 24.9. The number of aliphatic hydroxyl groups is 18. The van der Waals surface area contributed by atoms with E-state index in [1.807, 2.05) is 6.92 Å². The minimum Gasteiger partial charge on any atom is -0.481 e. The van der Waals surface area contributed by atoms with Crippen LogP contribution in [0.15, 0.2) is 11.6 Å². The fourth-order valence-electron chi connectivity index (χ4n) is 19.0. The highest BCUT2D eigenvalue weighted by atomic mass is 16.8. The Hall–Kier alpha value is -2.48. The fraction of sp³-hybridized carbons (Fsp3) is 0.938. The van der Waals surface area contributed by atoms with Gasteiger partial charge in [-0.05, 0) is 113 Å². The second-order valence-corrected chi connectivity index (χ2v) is 31.0. The average Bonchev–Trinajstić information content (AvgIpc) is 1.65. The van der Waals surface area contributed by atoms with Crippen molar-refractivity contribution >= 4 is 11.9 Å². The van der Waals surface area contributed by atoms with Gasteiger partial charge in [-0.1, -0.05) is 39.3 Å². The second kappa shape index (κ2) is 27.9. The van der Waals surface area contributed by atoms with Crippen LogP contribution in [-0.4, -0.2) is 326 Å². The molecule has 11 aliphatic rings. The zero-order chi connectivity index (χ0) is 70.9. The maximum atomic E-state index is 15.6. The van der Waals surface area contributed by atoms with Gasteiger partial charge in [-0.15, -0.1) is 0 Å². The quantitative estimate of drug-likeness (QED) is 0.0366. The maximum Gasteiger partial charge on any atom is 0.315 e. The zero-order valence-electron chi connectivity index (χ0n) is 55.3. The molecule has 0 radical (unpaired) electrons. The van der Waals surface area contributed by atoms with Gasteiger partial charge in [0.25, 0.3) is 0 Å². The Balaban J connectivity index is 0.756. The molecule has 0 aromatic rings. The Morgan fingerprint density at radius 2 is 1.14 bits per heavy atom. The van der Waals surface area contributed by atoms with Gasteiger partial charge in [-0.3, -0.25) is 9.59 Å². The van der Waals surface area contributed by atoms with E-state index in [2.05, 4.69) is 26.8 Å². The van der Waals surface area contributed by atoms with Crippen LogP contribution in [0.5, 0.6) is 0 Å². The Morgan fingerprint density at radius 3 is 1.78 bits per heavy atom. The fourth-order valence-corrected chi connectivity index (χ4v) is 19.0. The van der Waals surface area contributed by atoms with Crippen LogP contribution < -0.4 is 0 Å². The number of esters is 1. The molecule has 33 heteroatoms. The van der Waals surface area contributed by atoms with E-state index < -0.39 is 262 Å². The van der Waals surface area contributed by atoms with Gasteiger partial charge in [0, 0.05) is 5.41 Å². The van der Waals surface area contributed by atoms with E-state index in [4.69, 9.17) is 56.8 Å². The molecule has 33 nitrogen and oxygen atoms in total. The highest BCUT2D eigenvalue weighted by Gasteiger charge is 2.74. The highest BCUT2D eigenvalue weighted by Crippen LogP contribution is 2.76. The van der Waals surface area contributed by atoms with E-state index in [-0.39, 0.29) is 43.6 Å². The third kappa shape index (κ3) is 12.6. The molecule has 4 saturated carbocycles. The van der Waals surface area contributed by atoms with Crippen molar-refractivity contribution in [2.75, 3.05) is 39.6 Å². The number of fused-ring (bicyclic) bond motifs is 7. The van der Waals surface area contributed by atoms with Gasteiger partial charge < -0.3 is 154 Å². The van der Waals surface area contributed by atoms with Gasteiger partial charge in [-0.2, -0.15) is 0 Å². The number of carbonyl (C=O) groups is 2. The molecule has 10 fully saturated rings. The Kier molecular flexibility index (Phi) is 21.7. The number of aliphatic hydroxyl groups excluding tert-OH is 17.